The molecule has 0 radical (unpaired) electrons. The first kappa shape index (κ1) is 18.1. The summed E-state index contributed by atoms with van der Waals surface area (Å²) in [5.74, 6) is 0.511. The maximum absolute atomic E-state index is 14.0. The van der Waals surface area contributed by atoms with E-state index in [4.69, 9.17) is 17.0 Å². The van der Waals surface area contributed by atoms with Gasteiger partial charge in [0.25, 0.3) is 0 Å². The second-order valence-corrected chi connectivity index (χ2v) is 6.03. The molecule has 0 atom stereocenters. The highest BCUT2D eigenvalue weighted by Gasteiger charge is 2.14. The van der Waals surface area contributed by atoms with Gasteiger partial charge in [-0.05, 0) is 58.8 Å². The number of pyridine rings is 1. The first-order valence-electron chi connectivity index (χ1n) is 6.97. The highest BCUT2D eigenvalue weighted by molar-refractivity contribution is 9.10. The van der Waals surface area contributed by atoms with Crippen LogP contribution in [0.3, 0.4) is 0 Å². The van der Waals surface area contributed by atoms with Gasteiger partial charge in [0.05, 0.1) is 7.11 Å². The average Bonchev–Trinajstić information content (AvgIpc) is 2.58. The zero-order valence-corrected chi connectivity index (χ0v) is 15.2. The standard InChI is InChI=1S/C16H14BrFN4OS/c1-23-14-4-3-13(18)11(12(14)8-19)6-7-20-16(24)22-15-5-2-10(17)9-21-15/h2-5,9H,6-7H2,1H3,(H2,20,21,22,24). The Bertz CT molecular complexity index is 777. The Balaban J connectivity index is 1.95. The summed E-state index contributed by atoms with van der Waals surface area (Å²) in [6.45, 7) is 0.362. The number of ether oxygens (including phenoxy) is 1. The lowest BCUT2D eigenvalue weighted by Gasteiger charge is -2.12. The van der Waals surface area contributed by atoms with Crippen LogP contribution in [0.15, 0.2) is 34.9 Å². The van der Waals surface area contributed by atoms with E-state index in [0.29, 0.717) is 35.2 Å². The van der Waals surface area contributed by atoms with E-state index in [2.05, 4.69) is 31.5 Å². The summed E-state index contributed by atoms with van der Waals surface area (Å²) in [7, 11) is 1.44. The van der Waals surface area contributed by atoms with E-state index < -0.39 is 5.82 Å². The van der Waals surface area contributed by atoms with Gasteiger partial charge in [0.15, 0.2) is 5.11 Å². The van der Waals surface area contributed by atoms with Crippen molar-refractivity contribution in [1.82, 2.24) is 10.3 Å². The van der Waals surface area contributed by atoms with E-state index in [1.165, 1.54) is 19.2 Å². The molecular formula is C16H14BrFN4OS. The molecule has 1 heterocycles. The quantitative estimate of drug-likeness (QED) is 0.738. The van der Waals surface area contributed by atoms with E-state index in [1.807, 2.05) is 12.1 Å². The number of hydrogen-bond acceptors (Lipinski definition) is 4. The molecule has 0 aliphatic rings. The lowest BCUT2D eigenvalue weighted by atomic mass is 10.0. The van der Waals surface area contributed by atoms with Crippen LogP contribution in [0, 0.1) is 17.1 Å². The van der Waals surface area contributed by atoms with Crippen molar-refractivity contribution < 1.29 is 9.13 Å². The van der Waals surface area contributed by atoms with Crippen molar-refractivity contribution in [1.29, 1.82) is 5.26 Å². The molecule has 5 nitrogen and oxygen atoms in total. The van der Waals surface area contributed by atoms with Gasteiger partial charge in [0.1, 0.15) is 29.0 Å². The van der Waals surface area contributed by atoms with Gasteiger partial charge in [-0.15, -0.1) is 0 Å². The van der Waals surface area contributed by atoms with Crippen LogP contribution in [0.1, 0.15) is 11.1 Å². The topological polar surface area (TPSA) is 70.0 Å². The van der Waals surface area contributed by atoms with Gasteiger partial charge >= 0.3 is 0 Å². The molecule has 2 N–H and O–H groups in total. The van der Waals surface area contributed by atoms with Gasteiger partial charge in [-0.3, -0.25) is 0 Å². The molecule has 0 aliphatic heterocycles. The smallest absolute Gasteiger partial charge is 0.171 e. The summed E-state index contributed by atoms with van der Waals surface area (Å²) in [5, 5.41) is 15.5. The van der Waals surface area contributed by atoms with E-state index in [-0.39, 0.29) is 5.56 Å². The summed E-state index contributed by atoms with van der Waals surface area (Å²) >= 11 is 8.47. The number of nitrogens with one attached hydrogen (secondary N) is 2. The summed E-state index contributed by atoms with van der Waals surface area (Å²) in [6.07, 6.45) is 1.94. The predicted octanol–water partition coefficient (Wildman–Crippen LogP) is 3.39. The molecule has 0 saturated heterocycles. The number of rotatable bonds is 5. The average molecular weight is 409 g/mol. The van der Waals surface area contributed by atoms with E-state index >= 15 is 0 Å². The number of thiocarbonyl (C=S) groups is 1. The van der Waals surface area contributed by atoms with Gasteiger partial charge in [-0.25, -0.2) is 9.37 Å². The zero-order chi connectivity index (χ0) is 17.5. The minimum atomic E-state index is -0.442. The number of nitrogens with zero attached hydrogens (tertiary/aromatic N) is 2. The Morgan fingerprint density at radius 1 is 1.42 bits per heavy atom. The van der Waals surface area contributed by atoms with Crippen LogP contribution in [0.2, 0.25) is 0 Å². The van der Waals surface area contributed by atoms with Crippen LogP contribution in [-0.4, -0.2) is 23.8 Å². The van der Waals surface area contributed by atoms with Gasteiger partial charge in [0.2, 0.25) is 0 Å². The number of anilines is 1. The molecule has 0 unspecified atom stereocenters. The van der Waals surface area contributed by atoms with Crippen LogP contribution >= 0.6 is 28.1 Å². The largest absolute Gasteiger partial charge is 0.495 e. The molecule has 0 spiro atoms. The molecule has 2 aromatic rings. The van der Waals surface area contributed by atoms with Crippen molar-refractivity contribution >= 4 is 39.1 Å². The van der Waals surface area contributed by atoms with E-state index in [0.717, 1.165) is 4.47 Å². The van der Waals surface area contributed by atoms with Crippen molar-refractivity contribution in [3.8, 4) is 11.8 Å². The number of hydrogen-bond donors (Lipinski definition) is 2. The molecule has 1 aromatic carbocycles. The third-order valence-corrected chi connectivity index (χ3v) is 3.89. The van der Waals surface area contributed by atoms with Gasteiger partial charge in [0, 0.05) is 22.8 Å². The van der Waals surface area contributed by atoms with Crippen LogP contribution in [0.25, 0.3) is 0 Å². The molecule has 1 aromatic heterocycles. The molecule has 0 amide bonds. The molecule has 0 saturated carbocycles. The summed E-state index contributed by atoms with van der Waals surface area (Å²) in [4.78, 5) is 4.14. The SMILES string of the molecule is COc1ccc(F)c(CCNC(=S)Nc2ccc(Br)cn2)c1C#N. The number of methoxy groups -OCH3 is 1. The molecule has 2 rings (SSSR count). The minimum Gasteiger partial charge on any atom is -0.495 e. The Morgan fingerprint density at radius 2 is 2.21 bits per heavy atom. The summed E-state index contributed by atoms with van der Waals surface area (Å²) in [6, 6.07) is 8.32. The van der Waals surface area contributed by atoms with Crippen molar-refractivity contribution in [2.75, 3.05) is 19.0 Å². The predicted molar refractivity (Wildman–Crippen MR) is 97.5 cm³/mol. The van der Waals surface area contributed by atoms with Crippen LogP contribution in [0.4, 0.5) is 10.2 Å². The van der Waals surface area contributed by atoms with Gasteiger partial charge in [-0.2, -0.15) is 5.26 Å². The fourth-order valence-electron chi connectivity index (χ4n) is 2.05. The molecule has 124 valence electrons. The lowest BCUT2D eigenvalue weighted by Crippen LogP contribution is -2.30. The highest BCUT2D eigenvalue weighted by Crippen LogP contribution is 2.24. The first-order valence-corrected chi connectivity index (χ1v) is 8.17. The van der Waals surface area contributed by atoms with Crippen LogP contribution in [0.5, 0.6) is 5.75 Å². The van der Waals surface area contributed by atoms with Gasteiger partial charge < -0.3 is 15.4 Å². The van der Waals surface area contributed by atoms with E-state index in [1.54, 1.807) is 12.3 Å². The zero-order valence-electron chi connectivity index (χ0n) is 12.8. The fourth-order valence-corrected chi connectivity index (χ4v) is 2.49. The normalized spacial score (nSPS) is 9.92. The third kappa shape index (κ3) is 4.63. The number of aromatic nitrogens is 1. The number of halogens is 2. The van der Waals surface area contributed by atoms with Crippen LogP contribution in [-0.2, 0) is 6.42 Å². The lowest BCUT2D eigenvalue weighted by molar-refractivity contribution is 0.411. The van der Waals surface area contributed by atoms with Crippen molar-refractivity contribution in [2.24, 2.45) is 0 Å². The monoisotopic (exact) mass is 408 g/mol. The summed E-state index contributed by atoms with van der Waals surface area (Å²) < 4.78 is 19.9. The van der Waals surface area contributed by atoms with E-state index in [9.17, 15) is 9.65 Å². The molecular weight excluding hydrogens is 395 g/mol. The maximum atomic E-state index is 14.0. The van der Waals surface area contributed by atoms with Crippen molar-refractivity contribution in [3.63, 3.8) is 0 Å². The van der Waals surface area contributed by atoms with Crippen LogP contribution < -0.4 is 15.4 Å². The molecule has 24 heavy (non-hydrogen) atoms. The Morgan fingerprint density at radius 3 is 2.83 bits per heavy atom. The Labute approximate surface area is 153 Å². The number of benzene rings is 1. The maximum Gasteiger partial charge on any atom is 0.171 e. The minimum absolute atomic E-state index is 0.202. The van der Waals surface area contributed by atoms with Gasteiger partial charge in [-0.1, -0.05) is 0 Å². The first-order chi connectivity index (χ1) is 11.5. The summed E-state index contributed by atoms with van der Waals surface area (Å²) in [5.41, 5.74) is 0.502. The molecule has 0 bridgehead atoms. The molecule has 8 heteroatoms. The second-order valence-electron chi connectivity index (χ2n) is 4.71. The highest BCUT2D eigenvalue weighted by atomic mass is 79.9. The second kappa shape index (κ2) is 8.57. The van der Waals surface area contributed by atoms with Crippen molar-refractivity contribution in [3.05, 3.63) is 51.9 Å². The Hall–Kier alpha value is -2.24. The Kier molecular flexibility index (Phi) is 6.46. The number of nitriles is 1. The molecule has 0 fully saturated rings. The third-order valence-electron chi connectivity index (χ3n) is 3.18. The molecule has 0 aliphatic carbocycles. The fraction of sp³-hybridized carbons (Fsp3) is 0.188. The van der Waals surface area contributed by atoms with Crippen molar-refractivity contribution in [2.45, 2.75) is 6.42 Å².